The fraction of sp³-hybridized carbons (Fsp3) is 0.538. The molecule has 0 amide bonds. The highest BCUT2D eigenvalue weighted by atomic mass is 79.9. The molecule has 1 heterocycles. The summed E-state index contributed by atoms with van der Waals surface area (Å²) in [5.41, 5.74) is 0. The molecule has 1 atom stereocenters. The Morgan fingerprint density at radius 1 is 1.29 bits per heavy atom. The third-order valence-electron chi connectivity index (χ3n) is 3.10. The van der Waals surface area contributed by atoms with Gasteiger partial charge in [0.25, 0.3) is 0 Å². The van der Waals surface area contributed by atoms with E-state index in [1.54, 1.807) is 0 Å². The predicted octanol–water partition coefficient (Wildman–Crippen LogP) is 0.868. The van der Waals surface area contributed by atoms with Crippen LogP contribution in [0.4, 0.5) is 0 Å². The summed E-state index contributed by atoms with van der Waals surface area (Å²) in [5.74, 6) is 0.794. The third-order valence-corrected chi connectivity index (χ3v) is 3.76. The summed E-state index contributed by atoms with van der Waals surface area (Å²) in [4.78, 5) is 1.49. The lowest BCUT2D eigenvalue weighted by Crippen LogP contribution is -3.11. The Balaban J connectivity index is 1.75. The summed E-state index contributed by atoms with van der Waals surface area (Å²) in [7, 11) is 0. The van der Waals surface area contributed by atoms with E-state index in [1.807, 2.05) is 24.3 Å². The first kappa shape index (κ1) is 12.9. The maximum Gasteiger partial charge on any atom is 0.137 e. The Bertz CT molecular complexity index is 353. The molecule has 1 aliphatic rings. The van der Waals surface area contributed by atoms with Crippen LogP contribution in [0.2, 0.25) is 0 Å². The molecule has 2 rings (SSSR count). The van der Waals surface area contributed by atoms with Gasteiger partial charge in [-0.3, -0.25) is 0 Å². The van der Waals surface area contributed by atoms with Crippen LogP contribution in [-0.4, -0.2) is 37.5 Å². The van der Waals surface area contributed by atoms with Crippen LogP contribution in [0.15, 0.2) is 28.7 Å². The van der Waals surface area contributed by atoms with Crippen molar-refractivity contribution in [3.8, 4) is 5.75 Å². The van der Waals surface area contributed by atoms with Crippen molar-refractivity contribution < 1.29 is 14.7 Å². The molecule has 17 heavy (non-hydrogen) atoms. The number of nitrogens with one attached hydrogen (secondary N) is 1. The van der Waals surface area contributed by atoms with E-state index in [1.165, 1.54) is 30.8 Å². The molecule has 2 N–H and O–H groups in total. The van der Waals surface area contributed by atoms with Gasteiger partial charge in [0.05, 0.1) is 17.6 Å². The molecule has 1 saturated heterocycles. The first-order valence-electron chi connectivity index (χ1n) is 6.14. The molecule has 94 valence electrons. The average Bonchev–Trinajstić information content (AvgIpc) is 2.81. The van der Waals surface area contributed by atoms with E-state index >= 15 is 0 Å². The topological polar surface area (TPSA) is 33.9 Å². The van der Waals surface area contributed by atoms with Crippen molar-refractivity contribution in [2.75, 3.05) is 26.2 Å². The number of hydrogen-bond donors (Lipinski definition) is 2. The molecule has 0 spiro atoms. The van der Waals surface area contributed by atoms with E-state index in [0.29, 0.717) is 6.61 Å². The van der Waals surface area contributed by atoms with E-state index in [0.717, 1.165) is 16.8 Å². The van der Waals surface area contributed by atoms with Crippen molar-refractivity contribution >= 4 is 15.9 Å². The largest absolute Gasteiger partial charge is 0.489 e. The standard InChI is InChI=1S/C13H18BrNO2/c14-12-5-1-2-6-13(12)17-10-11(16)9-15-7-3-4-8-15/h1-2,5-6,11,16H,3-4,7-10H2/p+1/t11-/m0/s1. The van der Waals surface area contributed by atoms with Gasteiger partial charge in [0.2, 0.25) is 0 Å². The molecular weight excluding hydrogens is 282 g/mol. The minimum absolute atomic E-state index is 0.367. The number of rotatable bonds is 5. The van der Waals surface area contributed by atoms with Crippen LogP contribution in [0.25, 0.3) is 0 Å². The molecule has 1 aliphatic heterocycles. The normalized spacial score (nSPS) is 18.2. The predicted molar refractivity (Wildman–Crippen MR) is 70.4 cm³/mol. The van der Waals surface area contributed by atoms with Crippen molar-refractivity contribution in [1.82, 2.24) is 0 Å². The zero-order chi connectivity index (χ0) is 12.1. The van der Waals surface area contributed by atoms with Crippen LogP contribution in [-0.2, 0) is 0 Å². The Kier molecular flexibility index (Phi) is 4.83. The minimum Gasteiger partial charge on any atom is -0.489 e. The van der Waals surface area contributed by atoms with E-state index in [9.17, 15) is 5.11 Å². The van der Waals surface area contributed by atoms with E-state index in [2.05, 4.69) is 15.9 Å². The van der Waals surface area contributed by atoms with Gasteiger partial charge in [-0.15, -0.1) is 0 Å². The summed E-state index contributed by atoms with van der Waals surface area (Å²) in [6.45, 7) is 3.54. The minimum atomic E-state index is -0.379. The lowest BCUT2D eigenvalue weighted by atomic mass is 10.3. The number of benzene rings is 1. The number of aliphatic hydroxyl groups excluding tert-OH is 1. The highest BCUT2D eigenvalue weighted by Crippen LogP contribution is 2.23. The van der Waals surface area contributed by atoms with Gasteiger partial charge in [0, 0.05) is 12.8 Å². The number of halogens is 1. The molecule has 0 unspecified atom stereocenters. The molecule has 1 aromatic carbocycles. The maximum atomic E-state index is 9.90. The molecule has 0 aliphatic carbocycles. The van der Waals surface area contributed by atoms with Crippen molar-refractivity contribution in [3.63, 3.8) is 0 Å². The Labute approximate surface area is 111 Å². The molecule has 1 fully saturated rings. The van der Waals surface area contributed by atoms with Crippen molar-refractivity contribution in [2.45, 2.75) is 18.9 Å². The van der Waals surface area contributed by atoms with Crippen molar-refractivity contribution in [3.05, 3.63) is 28.7 Å². The third kappa shape index (κ3) is 3.98. The fourth-order valence-corrected chi connectivity index (χ4v) is 2.62. The number of para-hydroxylation sites is 1. The number of likely N-dealkylation sites (tertiary alicyclic amines) is 1. The highest BCUT2D eigenvalue weighted by Gasteiger charge is 2.19. The van der Waals surface area contributed by atoms with Gasteiger partial charge in [-0.2, -0.15) is 0 Å². The zero-order valence-electron chi connectivity index (χ0n) is 9.86. The summed E-state index contributed by atoms with van der Waals surface area (Å²) in [6, 6.07) is 7.72. The van der Waals surface area contributed by atoms with Crippen LogP contribution < -0.4 is 9.64 Å². The Morgan fingerprint density at radius 2 is 2.00 bits per heavy atom. The zero-order valence-corrected chi connectivity index (χ0v) is 11.4. The molecule has 0 aromatic heterocycles. The second kappa shape index (κ2) is 6.38. The number of quaternary nitrogens is 1. The molecule has 0 radical (unpaired) electrons. The summed E-state index contributed by atoms with van der Waals surface area (Å²) in [6.07, 6.45) is 2.19. The average molecular weight is 301 g/mol. The summed E-state index contributed by atoms with van der Waals surface area (Å²) in [5, 5.41) is 9.90. The van der Waals surface area contributed by atoms with Crippen LogP contribution in [0.5, 0.6) is 5.75 Å². The van der Waals surface area contributed by atoms with Crippen LogP contribution in [0.1, 0.15) is 12.8 Å². The van der Waals surface area contributed by atoms with Crippen LogP contribution in [0, 0.1) is 0 Å². The lowest BCUT2D eigenvalue weighted by Gasteiger charge is -2.17. The first-order chi connectivity index (χ1) is 8.25. The van der Waals surface area contributed by atoms with Crippen molar-refractivity contribution in [2.24, 2.45) is 0 Å². The van der Waals surface area contributed by atoms with Gasteiger partial charge in [0.15, 0.2) is 0 Å². The lowest BCUT2D eigenvalue weighted by molar-refractivity contribution is -0.890. The summed E-state index contributed by atoms with van der Waals surface area (Å²) >= 11 is 3.42. The maximum absolute atomic E-state index is 9.90. The van der Waals surface area contributed by atoms with Gasteiger partial charge in [-0.1, -0.05) is 12.1 Å². The molecule has 3 nitrogen and oxygen atoms in total. The molecule has 4 heteroatoms. The molecule has 0 bridgehead atoms. The van der Waals surface area contributed by atoms with Gasteiger partial charge in [0.1, 0.15) is 25.0 Å². The van der Waals surface area contributed by atoms with Gasteiger partial charge < -0.3 is 14.7 Å². The SMILES string of the molecule is O[C@H](COc1ccccc1Br)C[NH+]1CCCC1. The second-order valence-corrected chi connectivity index (χ2v) is 5.41. The Morgan fingerprint density at radius 3 is 2.71 bits per heavy atom. The van der Waals surface area contributed by atoms with Gasteiger partial charge in [-0.25, -0.2) is 0 Å². The van der Waals surface area contributed by atoms with E-state index < -0.39 is 0 Å². The highest BCUT2D eigenvalue weighted by molar-refractivity contribution is 9.10. The van der Waals surface area contributed by atoms with Crippen LogP contribution >= 0.6 is 15.9 Å². The van der Waals surface area contributed by atoms with Gasteiger partial charge in [-0.05, 0) is 28.1 Å². The number of hydrogen-bond acceptors (Lipinski definition) is 2. The van der Waals surface area contributed by atoms with Crippen molar-refractivity contribution in [1.29, 1.82) is 0 Å². The summed E-state index contributed by atoms with van der Waals surface area (Å²) < 4.78 is 6.53. The molecular formula is C13H19BrNO2+. The Hall–Kier alpha value is -0.580. The smallest absolute Gasteiger partial charge is 0.137 e. The molecule has 0 saturated carbocycles. The second-order valence-electron chi connectivity index (χ2n) is 4.56. The van der Waals surface area contributed by atoms with E-state index in [4.69, 9.17) is 4.74 Å². The van der Waals surface area contributed by atoms with Crippen LogP contribution in [0.3, 0.4) is 0 Å². The number of aliphatic hydroxyl groups is 1. The first-order valence-corrected chi connectivity index (χ1v) is 6.94. The monoisotopic (exact) mass is 300 g/mol. The number of ether oxygens (including phenoxy) is 1. The van der Waals surface area contributed by atoms with E-state index in [-0.39, 0.29) is 6.10 Å². The fourth-order valence-electron chi connectivity index (χ4n) is 2.22. The van der Waals surface area contributed by atoms with Gasteiger partial charge >= 0.3 is 0 Å². The quantitative estimate of drug-likeness (QED) is 0.846. The molecule has 1 aromatic rings.